The van der Waals surface area contributed by atoms with Crippen molar-refractivity contribution in [3.8, 4) is 0 Å². The fourth-order valence-electron chi connectivity index (χ4n) is 3.63. The summed E-state index contributed by atoms with van der Waals surface area (Å²) >= 11 is 0. The number of unbranched alkanes of at least 4 members (excludes halogenated alkanes) is 1. The second-order valence-electron chi connectivity index (χ2n) is 8.09. The van der Waals surface area contributed by atoms with Gasteiger partial charge in [-0.05, 0) is 37.0 Å². The molecule has 0 radical (unpaired) electrons. The van der Waals surface area contributed by atoms with Crippen molar-refractivity contribution >= 4 is 27.7 Å². The Bertz CT molecular complexity index is 1000. The van der Waals surface area contributed by atoms with Crippen molar-refractivity contribution in [2.75, 3.05) is 17.2 Å². The van der Waals surface area contributed by atoms with Gasteiger partial charge in [0.25, 0.3) is 5.91 Å². The van der Waals surface area contributed by atoms with Crippen LogP contribution in [-0.2, 0) is 16.6 Å². The Kier molecular flexibility index (Phi) is 8.40. The van der Waals surface area contributed by atoms with E-state index in [9.17, 15) is 13.2 Å². The van der Waals surface area contributed by atoms with E-state index in [-0.39, 0.29) is 17.3 Å². The van der Waals surface area contributed by atoms with Crippen molar-refractivity contribution < 1.29 is 13.2 Å². The topological polar surface area (TPSA) is 139 Å². The van der Waals surface area contributed by atoms with Crippen LogP contribution in [0.25, 0.3) is 0 Å². The summed E-state index contributed by atoms with van der Waals surface area (Å²) in [6.45, 7) is 3.14. The molecule has 9 nitrogen and oxygen atoms in total. The number of amides is 1. The molecule has 1 heterocycles. The van der Waals surface area contributed by atoms with E-state index in [0.29, 0.717) is 23.4 Å². The number of rotatable bonds is 10. The molecule has 1 amide bonds. The lowest BCUT2D eigenvalue weighted by atomic mass is 9.95. The molecule has 3 rings (SSSR count). The maximum absolute atomic E-state index is 12.9. The minimum atomic E-state index is -3.74. The first-order valence-corrected chi connectivity index (χ1v) is 12.7. The predicted octanol–water partition coefficient (Wildman–Crippen LogP) is 3.01. The number of primary sulfonamides is 1. The maximum atomic E-state index is 12.9. The molecule has 1 aliphatic carbocycles. The van der Waals surface area contributed by atoms with Crippen molar-refractivity contribution in [3.05, 3.63) is 41.6 Å². The molecular formula is C22H32N6O3S. The van der Waals surface area contributed by atoms with E-state index in [0.717, 1.165) is 37.8 Å². The first-order valence-electron chi connectivity index (χ1n) is 11.1. The van der Waals surface area contributed by atoms with Gasteiger partial charge in [-0.3, -0.25) is 4.79 Å². The van der Waals surface area contributed by atoms with Crippen LogP contribution in [0, 0.1) is 0 Å². The number of hydrogen-bond acceptors (Lipinski definition) is 7. The Morgan fingerprint density at radius 1 is 1.16 bits per heavy atom. The van der Waals surface area contributed by atoms with E-state index in [1.54, 1.807) is 18.3 Å². The van der Waals surface area contributed by atoms with Gasteiger partial charge < -0.3 is 16.0 Å². The summed E-state index contributed by atoms with van der Waals surface area (Å²) < 4.78 is 22.8. The Morgan fingerprint density at radius 3 is 2.53 bits per heavy atom. The summed E-state index contributed by atoms with van der Waals surface area (Å²) in [4.78, 5) is 21.8. The number of anilines is 2. The molecule has 0 atom stereocenters. The second kappa shape index (κ2) is 11.2. The monoisotopic (exact) mass is 460 g/mol. The third-order valence-electron chi connectivity index (χ3n) is 5.50. The maximum Gasteiger partial charge on any atom is 0.256 e. The minimum absolute atomic E-state index is 0.0334. The van der Waals surface area contributed by atoms with E-state index >= 15 is 0 Å². The van der Waals surface area contributed by atoms with Gasteiger partial charge in [0, 0.05) is 25.3 Å². The lowest BCUT2D eigenvalue weighted by molar-refractivity contribution is 0.0951. The van der Waals surface area contributed by atoms with Crippen molar-refractivity contribution in [3.63, 3.8) is 0 Å². The van der Waals surface area contributed by atoms with Crippen LogP contribution in [0.3, 0.4) is 0 Å². The van der Waals surface area contributed by atoms with E-state index in [2.05, 4.69) is 32.8 Å². The average molecular weight is 461 g/mol. The summed E-state index contributed by atoms with van der Waals surface area (Å²) in [6, 6.07) is 6.38. The van der Waals surface area contributed by atoms with Gasteiger partial charge in [0.1, 0.15) is 11.4 Å². The van der Waals surface area contributed by atoms with Crippen molar-refractivity contribution in [1.29, 1.82) is 0 Å². The Balaban J connectivity index is 1.71. The van der Waals surface area contributed by atoms with Crippen LogP contribution in [0.2, 0.25) is 0 Å². The zero-order valence-electron chi connectivity index (χ0n) is 18.4. The van der Waals surface area contributed by atoms with Crippen molar-refractivity contribution in [2.45, 2.75) is 69.4 Å². The van der Waals surface area contributed by atoms with Crippen molar-refractivity contribution in [2.24, 2.45) is 5.14 Å². The third kappa shape index (κ3) is 6.89. The molecule has 174 valence electrons. The van der Waals surface area contributed by atoms with Crippen LogP contribution in [-0.4, -0.2) is 36.9 Å². The fourth-order valence-corrected chi connectivity index (χ4v) is 4.15. The van der Waals surface area contributed by atoms with Gasteiger partial charge in [-0.2, -0.15) is 4.98 Å². The summed E-state index contributed by atoms with van der Waals surface area (Å²) in [5, 5.41) is 14.7. The summed E-state index contributed by atoms with van der Waals surface area (Å²) in [5.41, 5.74) is 1.14. The molecule has 1 saturated carbocycles. The summed E-state index contributed by atoms with van der Waals surface area (Å²) in [7, 11) is -3.74. The normalized spacial score (nSPS) is 14.7. The number of nitrogens with two attached hydrogens (primary N) is 1. The van der Waals surface area contributed by atoms with Crippen LogP contribution in [0.1, 0.15) is 67.8 Å². The van der Waals surface area contributed by atoms with E-state index in [1.807, 2.05) is 0 Å². The molecule has 0 bridgehead atoms. The molecule has 5 N–H and O–H groups in total. The first kappa shape index (κ1) is 23.9. The molecule has 2 aromatic rings. The Morgan fingerprint density at radius 2 is 1.88 bits per heavy atom. The van der Waals surface area contributed by atoms with E-state index in [4.69, 9.17) is 5.14 Å². The molecule has 1 aromatic carbocycles. The molecule has 1 aromatic heterocycles. The van der Waals surface area contributed by atoms with Crippen molar-refractivity contribution in [1.82, 2.24) is 15.3 Å². The Labute approximate surface area is 189 Å². The number of hydrogen-bond donors (Lipinski definition) is 4. The highest BCUT2D eigenvalue weighted by atomic mass is 32.2. The molecule has 1 aliphatic rings. The molecule has 32 heavy (non-hydrogen) atoms. The Hall–Kier alpha value is -2.72. The zero-order valence-corrected chi connectivity index (χ0v) is 19.2. The average Bonchev–Trinajstić information content (AvgIpc) is 2.78. The molecule has 10 heteroatoms. The quantitative estimate of drug-likeness (QED) is 0.400. The smallest absolute Gasteiger partial charge is 0.256 e. The summed E-state index contributed by atoms with van der Waals surface area (Å²) in [5.74, 6) is 0.749. The number of aromatic nitrogens is 2. The number of nitrogens with one attached hydrogen (secondary N) is 3. The standard InChI is InChI=1S/C22H32N6O3S/c1-2-3-13-24-22-26-15-19(20(28-22)27-17-7-5-4-6-8-17)21(29)25-14-16-9-11-18(12-10-16)32(23,30)31/h9-12,15,17H,2-8,13-14H2,1H3,(H,25,29)(H2,23,30,31)(H2,24,26,27,28). The first-order chi connectivity index (χ1) is 15.4. The van der Waals surface area contributed by atoms with Crippen LogP contribution in [0.15, 0.2) is 35.4 Å². The highest BCUT2D eigenvalue weighted by Gasteiger charge is 2.20. The molecule has 0 saturated heterocycles. The van der Waals surface area contributed by atoms with Gasteiger partial charge in [-0.15, -0.1) is 0 Å². The molecule has 1 fully saturated rings. The number of sulfonamides is 1. The molecule has 0 unspecified atom stereocenters. The van der Waals surface area contributed by atoms with Crippen LogP contribution in [0.5, 0.6) is 0 Å². The lowest BCUT2D eigenvalue weighted by Gasteiger charge is -2.24. The second-order valence-corrected chi connectivity index (χ2v) is 9.65. The predicted molar refractivity (Wildman–Crippen MR) is 125 cm³/mol. The van der Waals surface area contributed by atoms with E-state index in [1.165, 1.54) is 31.4 Å². The highest BCUT2D eigenvalue weighted by molar-refractivity contribution is 7.89. The number of nitrogens with zero attached hydrogens (tertiary/aromatic N) is 2. The van der Waals surface area contributed by atoms with Gasteiger partial charge in [0.05, 0.1) is 4.90 Å². The SMILES string of the molecule is CCCCNc1ncc(C(=O)NCc2ccc(S(N)(=O)=O)cc2)c(NC2CCCCC2)n1. The third-order valence-corrected chi connectivity index (χ3v) is 6.43. The molecular weight excluding hydrogens is 428 g/mol. The van der Waals surface area contributed by atoms with Gasteiger partial charge in [-0.25, -0.2) is 18.5 Å². The summed E-state index contributed by atoms with van der Waals surface area (Å²) in [6.07, 6.45) is 9.32. The van der Waals surface area contributed by atoms with Gasteiger partial charge in [-0.1, -0.05) is 44.7 Å². The highest BCUT2D eigenvalue weighted by Crippen LogP contribution is 2.23. The lowest BCUT2D eigenvalue weighted by Crippen LogP contribution is -2.28. The molecule has 0 spiro atoms. The number of benzene rings is 1. The van der Waals surface area contributed by atoms with Crippen LogP contribution in [0.4, 0.5) is 11.8 Å². The van der Waals surface area contributed by atoms with Gasteiger partial charge in [0.2, 0.25) is 16.0 Å². The molecule has 0 aliphatic heterocycles. The van der Waals surface area contributed by atoms with Gasteiger partial charge in [0.15, 0.2) is 0 Å². The largest absolute Gasteiger partial charge is 0.367 e. The van der Waals surface area contributed by atoms with Crippen LogP contribution >= 0.6 is 0 Å². The minimum Gasteiger partial charge on any atom is -0.367 e. The van der Waals surface area contributed by atoms with E-state index < -0.39 is 10.0 Å². The van der Waals surface area contributed by atoms with Crippen LogP contribution < -0.4 is 21.1 Å². The van der Waals surface area contributed by atoms with Gasteiger partial charge >= 0.3 is 0 Å². The number of carbonyl (C=O) groups is 1. The number of carbonyl (C=O) groups excluding carboxylic acids is 1. The fraction of sp³-hybridized carbons (Fsp3) is 0.500. The zero-order chi connectivity index (χ0) is 23.0.